The minimum absolute atomic E-state index is 0.00709. The van der Waals surface area contributed by atoms with Crippen LogP contribution in [0.2, 0.25) is 10.0 Å². The fourth-order valence-electron chi connectivity index (χ4n) is 1.70. The van der Waals surface area contributed by atoms with Crippen LogP contribution in [0.5, 0.6) is 5.75 Å². The van der Waals surface area contributed by atoms with Crippen molar-refractivity contribution in [3.63, 3.8) is 0 Å². The summed E-state index contributed by atoms with van der Waals surface area (Å²) in [5.74, 6) is 0.0292. The van der Waals surface area contributed by atoms with Gasteiger partial charge in [-0.05, 0) is 24.6 Å². The van der Waals surface area contributed by atoms with Gasteiger partial charge >= 0.3 is 0 Å². The second-order valence-electron chi connectivity index (χ2n) is 4.19. The molecule has 2 rings (SSSR count). The molecule has 1 atom stereocenters. The molecule has 2 nitrogen and oxygen atoms in total. The number of aromatic hydroxyl groups is 1. The fourth-order valence-corrected chi connectivity index (χ4v) is 2.23. The van der Waals surface area contributed by atoms with Gasteiger partial charge in [0.2, 0.25) is 0 Å². The van der Waals surface area contributed by atoms with Gasteiger partial charge < -0.3 is 5.11 Å². The Morgan fingerprint density at radius 2 is 1.84 bits per heavy atom. The van der Waals surface area contributed by atoms with Crippen LogP contribution in [0.4, 0.5) is 0 Å². The molecule has 98 valence electrons. The van der Waals surface area contributed by atoms with Gasteiger partial charge in [-0.1, -0.05) is 53.5 Å². The lowest BCUT2D eigenvalue weighted by molar-refractivity contribution is 0.474. The molecule has 19 heavy (non-hydrogen) atoms. The highest BCUT2D eigenvalue weighted by Crippen LogP contribution is 2.29. The maximum atomic E-state index is 9.80. The van der Waals surface area contributed by atoms with Crippen molar-refractivity contribution in [1.29, 1.82) is 0 Å². The Balaban J connectivity index is 2.24. The van der Waals surface area contributed by atoms with Gasteiger partial charge in [0, 0.05) is 11.2 Å². The molecule has 0 heterocycles. The minimum atomic E-state index is -0.00709. The molecule has 1 N–H and O–H groups in total. The average molecular weight is 294 g/mol. The zero-order valence-corrected chi connectivity index (χ0v) is 11.9. The molecule has 4 heteroatoms. The van der Waals surface area contributed by atoms with Crippen LogP contribution in [0.15, 0.2) is 47.5 Å². The number of nitrogens with zero attached hydrogens (tertiary/aromatic N) is 1. The van der Waals surface area contributed by atoms with E-state index >= 15 is 0 Å². The predicted molar refractivity (Wildman–Crippen MR) is 80.6 cm³/mol. The molecule has 0 aliphatic carbocycles. The van der Waals surface area contributed by atoms with Crippen LogP contribution in [-0.2, 0) is 0 Å². The molecule has 2 aromatic carbocycles. The number of rotatable bonds is 3. The lowest BCUT2D eigenvalue weighted by atomic mass is 10.1. The Hall–Kier alpha value is -1.51. The van der Waals surface area contributed by atoms with E-state index in [1.165, 1.54) is 6.07 Å². The number of benzene rings is 2. The van der Waals surface area contributed by atoms with Gasteiger partial charge in [0.05, 0.1) is 16.6 Å². The van der Waals surface area contributed by atoms with Crippen LogP contribution >= 0.6 is 23.2 Å². The zero-order chi connectivity index (χ0) is 13.8. The Labute approximate surface area is 122 Å². The first-order valence-corrected chi connectivity index (χ1v) is 6.59. The summed E-state index contributed by atoms with van der Waals surface area (Å²) in [6.07, 6.45) is 1.58. The SMILES string of the molecule is CC(N=Cc1c(O)cc(Cl)cc1Cl)c1ccccc1. The van der Waals surface area contributed by atoms with Crippen molar-refractivity contribution in [2.75, 3.05) is 0 Å². The number of phenolic OH excluding ortho intramolecular Hbond substituents is 1. The van der Waals surface area contributed by atoms with Crippen molar-refractivity contribution in [2.45, 2.75) is 13.0 Å². The summed E-state index contributed by atoms with van der Waals surface area (Å²) in [6, 6.07) is 12.9. The van der Waals surface area contributed by atoms with E-state index in [9.17, 15) is 5.11 Å². The molecule has 0 aromatic heterocycles. The van der Waals surface area contributed by atoms with E-state index in [4.69, 9.17) is 23.2 Å². The quantitative estimate of drug-likeness (QED) is 0.804. The lowest BCUT2D eigenvalue weighted by Gasteiger charge is -2.07. The second-order valence-corrected chi connectivity index (χ2v) is 5.03. The maximum Gasteiger partial charge on any atom is 0.127 e. The minimum Gasteiger partial charge on any atom is -0.507 e. The molecule has 0 fully saturated rings. The van der Waals surface area contributed by atoms with E-state index in [1.54, 1.807) is 12.3 Å². The Kier molecular flexibility index (Phi) is 4.46. The first-order valence-electron chi connectivity index (χ1n) is 5.84. The van der Waals surface area contributed by atoms with E-state index in [1.807, 2.05) is 37.3 Å². The topological polar surface area (TPSA) is 32.6 Å². The average Bonchev–Trinajstić information content (AvgIpc) is 2.38. The molecule has 2 aromatic rings. The number of phenols is 1. The van der Waals surface area contributed by atoms with E-state index < -0.39 is 0 Å². The summed E-state index contributed by atoms with van der Waals surface area (Å²) < 4.78 is 0. The van der Waals surface area contributed by atoms with Crippen molar-refractivity contribution in [3.05, 3.63) is 63.6 Å². The summed E-state index contributed by atoms with van der Waals surface area (Å²) >= 11 is 11.8. The normalized spacial score (nSPS) is 12.8. The molecule has 0 saturated carbocycles. The molecular formula is C15H13Cl2NO. The maximum absolute atomic E-state index is 9.80. The third-order valence-electron chi connectivity index (χ3n) is 2.78. The van der Waals surface area contributed by atoms with Gasteiger partial charge in [-0.3, -0.25) is 4.99 Å². The number of aliphatic imine (C=N–C) groups is 1. The molecule has 0 saturated heterocycles. The highest BCUT2D eigenvalue weighted by molar-refractivity contribution is 6.36. The third-order valence-corrected chi connectivity index (χ3v) is 3.31. The summed E-state index contributed by atoms with van der Waals surface area (Å²) in [6.45, 7) is 1.98. The van der Waals surface area contributed by atoms with Crippen LogP contribution in [0.1, 0.15) is 24.1 Å². The first-order chi connectivity index (χ1) is 9.08. The van der Waals surface area contributed by atoms with Crippen molar-refractivity contribution in [1.82, 2.24) is 0 Å². The molecule has 0 amide bonds. The monoisotopic (exact) mass is 293 g/mol. The Morgan fingerprint density at radius 3 is 2.47 bits per heavy atom. The molecule has 0 bridgehead atoms. The summed E-state index contributed by atoms with van der Waals surface area (Å²) in [7, 11) is 0. The number of hydrogen-bond acceptors (Lipinski definition) is 2. The van der Waals surface area contributed by atoms with Gasteiger partial charge in [0.1, 0.15) is 5.75 Å². The number of halogens is 2. The lowest BCUT2D eigenvalue weighted by Crippen LogP contribution is -1.92. The van der Waals surface area contributed by atoms with E-state index in [0.717, 1.165) is 5.56 Å². The molecule has 0 spiro atoms. The van der Waals surface area contributed by atoms with Gasteiger partial charge in [0.25, 0.3) is 0 Å². The standard InChI is InChI=1S/C15H13Cl2NO/c1-10(11-5-3-2-4-6-11)18-9-13-14(17)7-12(16)8-15(13)19/h2-10,19H,1H3. The smallest absolute Gasteiger partial charge is 0.127 e. The summed E-state index contributed by atoms with van der Waals surface area (Å²) in [5.41, 5.74) is 1.58. The van der Waals surface area contributed by atoms with Gasteiger partial charge in [-0.15, -0.1) is 0 Å². The van der Waals surface area contributed by atoms with Crippen molar-refractivity contribution >= 4 is 29.4 Å². The Bertz CT molecular complexity index is 573. The van der Waals surface area contributed by atoms with E-state index in [0.29, 0.717) is 15.6 Å². The molecule has 0 aliphatic rings. The zero-order valence-electron chi connectivity index (χ0n) is 10.3. The number of hydrogen-bond donors (Lipinski definition) is 1. The summed E-state index contributed by atoms with van der Waals surface area (Å²) in [5, 5.41) is 10.6. The van der Waals surface area contributed by atoms with Crippen molar-refractivity contribution in [3.8, 4) is 5.75 Å². The van der Waals surface area contributed by atoms with Gasteiger partial charge in [0.15, 0.2) is 0 Å². The van der Waals surface area contributed by atoms with Gasteiger partial charge in [-0.25, -0.2) is 0 Å². The molecule has 1 unspecified atom stereocenters. The van der Waals surface area contributed by atoms with Crippen molar-refractivity contribution < 1.29 is 5.11 Å². The van der Waals surface area contributed by atoms with Crippen LogP contribution in [0, 0.1) is 0 Å². The van der Waals surface area contributed by atoms with Crippen LogP contribution in [0.25, 0.3) is 0 Å². The summed E-state index contributed by atoms with van der Waals surface area (Å²) in [4.78, 5) is 4.40. The molecular weight excluding hydrogens is 281 g/mol. The Morgan fingerprint density at radius 1 is 1.16 bits per heavy atom. The van der Waals surface area contributed by atoms with Crippen LogP contribution in [0.3, 0.4) is 0 Å². The molecule has 0 radical (unpaired) electrons. The second kappa shape index (κ2) is 6.09. The van der Waals surface area contributed by atoms with Crippen molar-refractivity contribution in [2.24, 2.45) is 4.99 Å². The first kappa shape index (κ1) is 13.9. The van der Waals surface area contributed by atoms with E-state index in [2.05, 4.69) is 4.99 Å². The largest absolute Gasteiger partial charge is 0.507 e. The highest BCUT2D eigenvalue weighted by atomic mass is 35.5. The molecule has 0 aliphatic heterocycles. The highest BCUT2D eigenvalue weighted by Gasteiger charge is 2.07. The predicted octanol–water partition coefficient (Wildman–Crippen LogP) is 4.88. The van der Waals surface area contributed by atoms with Gasteiger partial charge in [-0.2, -0.15) is 0 Å². The van der Waals surface area contributed by atoms with Crippen LogP contribution in [-0.4, -0.2) is 11.3 Å². The van der Waals surface area contributed by atoms with E-state index in [-0.39, 0.29) is 11.8 Å². The fraction of sp³-hybridized carbons (Fsp3) is 0.133. The third kappa shape index (κ3) is 3.49. The van der Waals surface area contributed by atoms with Crippen LogP contribution < -0.4 is 0 Å².